The Balaban J connectivity index is 1.52. The van der Waals surface area contributed by atoms with E-state index in [1.54, 1.807) is 67.8 Å². The molecule has 2 amide bonds. The molecule has 3 aromatic rings. The average molecular weight is 482 g/mol. The first-order chi connectivity index (χ1) is 16.0. The minimum atomic E-state index is -0.389. The SMILES string of the molecule is COc1cccc(N2C(=O)S/C(=C\c3ccc(OCc4ccc(Cl)cc4)c(OC)c3)C2=O)c1. The van der Waals surface area contributed by atoms with Gasteiger partial charge in [0, 0.05) is 11.1 Å². The summed E-state index contributed by atoms with van der Waals surface area (Å²) in [7, 11) is 3.08. The molecule has 1 heterocycles. The van der Waals surface area contributed by atoms with Gasteiger partial charge in [-0.05, 0) is 65.4 Å². The molecule has 1 aliphatic rings. The molecule has 0 bridgehead atoms. The van der Waals surface area contributed by atoms with Gasteiger partial charge in [-0.25, -0.2) is 4.90 Å². The van der Waals surface area contributed by atoms with E-state index in [2.05, 4.69) is 0 Å². The third-order valence-electron chi connectivity index (χ3n) is 4.90. The van der Waals surface area contributed by atoms with Crippen LogP contribution in [0.4, 0.5) is 10.5 Å². The van der Waals surface area contributed by atoms with E-state index in [1.165, 1.54) is 7.11 Å². The lowest BCUT2D eigenvalue weighted by Crippen LogP contribution is -2.27. The number of anilines is 1. The molecule has 33 heavy (non-hydrogen) atoms. The lowest BCUT2D eigenvalue weighted by molar-refractivity contribution is -0.113. The summed E-state index contributed by atoms with van der Waals surface area (Å²) >= 11 is 6.80. The van der Waals surface area contributed by atoms with Crippen LogP contribution in [-0.4, -0.2) is 25.4 Å². The third-order valence-corrected chi connectivity index (χ3v) is 6.02. The highest BCUT2D eigenvalue weighted by molar-refractivity contribution is 8.19. The minimum Gasteiger partial charge on any atom is -0.497 e. The summed E-state index contributed by atoms with van der Waals surface area (Å²) in [5, 5.41) is 0.297. The quantitative estimate of drug-likeness (QED) is 0.375. The molecule has 0 N–H and O–H groups in total. The van der Waals surface area contributed by atoms with Gasteiger partial charge in [0.1, 0.15) is 12.4 Å². The Morgan fingerprint density at radius 3 is 2.45 bits per heavy atom. The van der Waals surface area contributed by atoms with Crippen molar-refractivity contribution in [3.05, 3.63) is 87.8 Å². The van der Waals surface area contributed by atoms with Crippen molar-refractivity contribution in [2.45, 2.75) is 6.61 Å². The fourth-order valence-corrected chi connectivity index (χ4v) is 4.19. The molecule has 3 aromatic carbocycles. The number of carbonyl (C=O) groups is 2. The zero-order valence-electron chi connectivity index (χ0n) is 17.9. The molecule has 1 saturated heterocycles. The molecule has 0 aliphatic carbocycles. The number of rotatable bonds is 7. The lowest BCUT2D eigenvalue weighted by Gasteiger charge is -2.13. The Kier molecular flexibility index (Phi) is 6.91. The van der Waals surface area contributed by atoms with E-state index >= 15 is 0 Å². The van der Waals surface area contributed by atoms with Crippen LogP contribution >= 0.6 is 23.4 Å². The van der Waals surface area contributed by atoms with E-state index in [1.807, 2.05) is 12.1 Å². The predicted molar refractivity (Wildman–Crippen MR) is 130 cm³/mol. The molecule has 8 heteroatoms. The van der Waals surface area contributed by atoms with Crippen LogP contribution in [0.2, 0.25) is 5.02 Å². The van der Waals surface area contributed by atoms with E-state index in [0.717, 1.165) is 22.2 Å². The topological polar surface area (TPSA) is 65.1 Å². The van der Waals surface area contributed by atoms with Gasteiger partial charge in [0.15, 0.2) is 11.5 Å². The second kappa shape index (κ2) is 10.0. The van der Waals surface area contributed by atoms with Crippen LogP contribution in [0, 0.1) is 0 Å². The second-order valence-corrected chi connectivity index (χ2v) is 8.47. The van der Waals surface area contributed by atoms with Gasteiger partial charge >= 0.3 is 0 Å². The van der Waals surface area contributed by atoms with Crippen molar-refractivity contribution in [2.75, 3.05) is 19.1 Å². The smallest absolute Gasteiger partial charge is 0.298 e. The maximum atomic E-state index is 12.9. The largest absolute Gasteiger partial charge is 0.497 e. The summed E-state index contributed by atoms with van der Waals surface area (Å²) in [6, 6.07) is 19.5. The average Bonchev–Trinajstić information content (AvgIpc) is 3.11. The highest BCUT2D eigenvalue weighted by Crippen LogP contribution is 2.38. The maximum Gasteiger partial charge on any atom is 0.298 e. The monoisotopic (exact) mass is 481 g/mol. The zero-order valence-corrected chi connectivity index (χ0v) is 19.5. The molecule has 0 aromatic heterocycles. The first-order valence-electron chi connectivity index (χ1n) is 9.96. The van der Waals surface area contributed by atoms with E-state index in [4.69, 9.17) is 25.8 Å². The zero-order chi connectivity index (χ0) is 23.4. The van der Waals surface area contributed by atoms with Crippen molar-refractivity contribution in [1.29, 1.82) is 0 Å². The van der Waals surface area contributed by atoms with Gasteiger partial charge in [-0.15, -0.1) is 0 Å². The van der Waals surface area contributed by atoms with Crippen molar-refractivity contribution >= 4 is 46.3 Å². The third kappa shape index (κ3) is 5.16. The number of amides is 2. The lowest BCUT2D eigenvalue weighted by atomic mass is 10.1. The molecule has 0 spiro atoms. The van der Waals surface area contributed by atoms with Crippen molar-refractivity contribution in [3.8, 4) is 17.2 Å². The Hall–Kier alpha value is -3.42. The first kappa shape index (κ1) is 22.8. The molecule has 6 nitrogen and oxygen atoms in total. The summed E-state index contributed by atoms with van der Waals surface area (Å²) in [5.41, 5.74) is 2.14. The van der Waals surface area contributed by atoms with Crippen molar-refractivity contribution in [2.24, 2.45) is 0 Å². The second-order valence-electron chi connectivity index (χ2n) is 7.04. The van der Waals surface area contributed by atoms with Crippen molar-refractivity contribution in [3.63, 3.8) is 0 Å². The van der Waals surface area contributed by atoms with Crippen LogP contribution in [0.25, 0.3) is 6.08 Å². The highest BCUT2D eigenvalue weighted by atomic mass is 35.5. The number of benzene rings is 3. The summed E-state index contributed by atoms with van der Waals surface area (Å²) in [4.78, 5) is 26.9. The number of imide groups is 1. The summed E-state index contributed by atoms with van der Waals surface area (Å²) in [6.07, 6.45) is 1.66. The van der Waals surface area contributed by atoms with E-state index in [-0.39, 0.29) is 11.1 Å². The van der Waals surface area contributed by atoms with Gasteiger partial charge in [-0.2, -0.15) is 0 Å². The van der Waals surface area contributed by atoms with Crippen molar-refractivity contribution < 1.29 is 23.8 Å². The number of nitrogens with zero attached hydrogens (tertiary/aromatic N) is 1. The number of hydrogen-bond acceptors (Lipinski definition) is 6. The first-order valence-corrected chi connectivity index (χ1v) is 11.1. The van der Waals surface area contributed by atoms with Gasteiger partial charge in [-0.3, -0.25) is 9.59 Å². The predicted octanol–water partition coefficient (Wildman–Crippen LogP) is 6.18. The van der Waals surface area contributed by atoms with Crippen LogP contribution in [0.15, 0.2) is 71.6 Å². The molecule has 0 unspecified atom stereocenters. The Bertz CT molecular complexity index is 1230. The molecule has 1 aliphatic heterocycles. The number of methoxy groups -OCH3 is 2. The number of halogens is 1. The van der Waals surface area contributed by atoms with Crippen LogP contribution in [0.3, 0.4) is 0 Å². The molecule has 0 atom stereocenters. The standard InChI is InChI=1S/C25H20ClNO5S/c1-30-20-5-3-4-19(14-20)27-24(28)23(33-25(27)29)13-17-8-11-21(22(12-17)31-2)32-15-16-6-9-18(26)10-7-16/h3-14H,15H2,1-2H3/b23-13-. The number of carbonyl (C=O) groups excluding carboxylic acids is 2. The van der Waals surface area contributed by atoms with Crippen molar-refractivity contribution in [1.82, 2.24) is 0 Å². The number of ether oxygens (including phenoxy) is 3. The van der Waals surface area contributed by atoms with E-state index in [9.17, 15) is 9.59 Å². The normalized spacial score (nSPS) is 14.6. The van der Waals surface area contributed by atoms with Gasteiger partial charge in [-0.1, -0.05) is 35.9 Å². The Labute approximate surface area is 200 Å². The van der Waals surface area contributed by atoms with Crippen LogP contribution in [-0.2, 0) is 11.4 Å². The fourth-order valence-electron chi connectivity index (χ4n) is 3.23. The molecular formula is C25H20ClNO5S. The van der Waals surface area contributed by atoms with Gasteiger partial charge in [0.25, 0.3) is 11.1 Å². The maximum absolute atomic E-state index is 12.9. The minimum absolute atomic E-state index is 0.319. The van der Waals surface area contributed by atoms with Gasteiger partial charge in [0.2, 0.25) is 0 Å². The summed E-state index contributed by atoms with van der Waals surface area (Å²) < 4.78 is 16.5. The fraction of sp³-hybridized carbons (Fsp3) is 0.120. The van der Waals surface area contributed by atoms with Gasteiger partial charge < -0.3 is 14.2 Å². The number of hydrogen-bond donors (Lipinski definition) is 0. The van der Waals surface area contributed by atoms with Gasteiger partial charge in [0.05, 0.1) is 24.8 Å². The van der Waals surface area contributed by atoms with E-state index < -0.39 is 0 Å². The van der Waals surface area contributed by atoms with E-state index in [0.29, 0.717) is 45.0 Å². The molecule has 168 valence electrons. The summed E-state index contributed by atoms with van der Waals surface area (Å²) in [6.45, 7) is 0.353. The Morgan fingerprint density at radius 2 is 1.73 bits per heavy atom. The summed E-state index contributed by atoms with van der Waals surface area (Å²) in [5.74, 6) is 1.26. The van der Waals surface area contributed by atoms with Crippen LogP contribution < -0.4 is 19.1 Å². The molecule has 1 fully saturated rings. The molecular weight excluding hydrogens is 462 g/mol. The Morgan fingerprint density at radius 1 is 0.939 bits per heavy atom. The number of thioether (sulfide) groups is 1. The molecule has 0 radical (unpaired) electrons. The van der Waals surface area contributed by atoms with Crippen LogP contribution in [0.5, 0.6) is 17.2 Å². The van der Waals surface area contributed by atoms with Crippen LogP contribution in [0.1, 0.15) is 11.1 Å². The molecule has 4 rings (SSSR count). The molecule has 0 saturated carbocycles. The highest BCUT2D eigenvalue weighted by Gasteiger charge is 2.36.